The fourth-order valence-corrected chi connectivity index (χ4v) is 1.26. The van der Waals surface area contributed by atoms with Gasteiger partial charge in [-0.3, -0.25) is 4.79 Å². The van der Waals surface area contributed by atoms with Gasteiger partial charge in [-0.2, -0.15) is 0 Å². The van der Waals surface area contributed by atoms with Crippen molar-refractivity contribution in [2.24, 2.45) is 0 Å². The highest BCUT2D eigenvalue weighted by atomic mass is 16.5. The number of carbonyl (C=O) groups excluding carboxylic acids is 1. The van der Waals surface area contributed by atoms with E-state index < -0.39 is 0 Å². The van der Waals surface area contributed by atoms with E-state index in [4.69, 9.17) is 4.74 Å². The van der Waals surface area contributed by atoms with E-state index in [-0.39, 0.29) is 11.9 Å². The number of hydrogen-bond acceptors (Lipinski definition) is 2. The highest BCUT2D eigenvalue weighted by molar-refractivity contribution is 5.76. The second-order valence-electron chi connectivity index (χ2n) is 3.35. The van der Waals surface area contributed by atoms with Crippen molar-refractivity contribution in [3.05, 3.63) is 35.9 Å². The van der Waals surface area contributed by atoms with Gasteiger partial charge in [0, 0.05) is 13.5 Å². The summed E-state index contributed by atoms with van der Waals surface area (Å²) in [7, 11) is 1.59. The molecule has 0 aliphatic heterocycles. The Balaban J connectivity index is 2.42. The zero-order valence-electron chi connectivity index (χ0n) is 9.12. The largest absolute Gasteiger partial charge is 0.384 e. The highest BCUT2D eigenvalue weighted by Crippen LogP contribution is 2.10. The molecule has 3 nitrogen and oxygen atoms in total. The first-order valence-electron chi connectivity index (χ1n) is 4.99. The lowest BCUT2D eigenvalue weighted by molar-refractivity contribution is -0.122. The number of ether oxygens (including phenoxy) is 1. The van der Waals surface area contributed by atoms with Crippen LogP contribution in [0.5, 0.6) is 0 Å². The van der Waals surface area contributed by atoms with Crippen molar-refractivity contribution < 1.29 is 9.53 Å². The van der Waals surface area contributed by atoms with E-state index in [1.54, 1.807) is 7.11 Å². The molecule has 0 bridgehead atoms. The molecular formula is C12H16NO2. The Labute approximate surface area is 90.4 Å². The van der Waals surface area contributed by atoms with Crippen molar-refractivity contribution in [1.29, 1.82) is 0 Å². The van der Waals surface area contributed by atoms with Gasteiger partial charge in [0.1, 0.15) is 0 Å². The number of benzene rings is 1. The molecule has 1 amide bonds. The van der Waals surface area contributed by atoms with E-state index in [1.807, 2.05) is 31.2 Å². The number of methoxy groups -OCH3 is 1. The van der Waals surface area contributed by atoms with Crippen LogP contribution in [0.4, 0.5) is 0 Å². The fourth-order valence-electron chi connectivity index (χ4n) is 1.26. The molecule has 0 fully saturated rings. The molecule has 1 N–H and O–H groups in total. The van der Waals surface area contributed by atoms with Gasteiger partial charge in [0.25, 0.3) is 0 Å². The molecule has 0 heterocycles. The van der Waals surface area contributed by atoms with Crippen molar-refractivity contribution in [3.63, 3.8) is 0 Å². The molecule has 3 heteroatoms. The van der Waals surface area contributed by atoms with Crippen molar-refractivity contribution >= 4 is 5.91 Å². The van der Waals surface area contributed by atoms with Gasteiger partial charge in [-0.1, -0.05) is 24.3 Å². The molecule has 0 aromatic heterocycles. The first kappa shape index (κ1) is 11.7. The number of nitrogens with one attached hydrogen (secondary N) is 1. The van der Waals surface area contributed by atoms with E-state index >= 15 is 0 Å². The summed E-state index contributed by atoms with van der Waals surface area (Å²) in [4.78, 5) is 11.4. The van der Waals surface area contributed by atoms with E-state index in [0.29, 0.717) is 13.0 Å². The number of rotatable bonds is 5. The van der Waals surface area contributed by atoms with Crippen molar-refractivity contribution in [2.75, 3.05) is 13.7 Å². The fraction of sp³-hybridized carbons (Fsp3) is 0.417. The van der Waals surface area contributed by atoms with Crippen LogP contribution in [0.15, 0.2) is 24.3 Å². The van der Waals surface area contributed by atoms with Crippen LogP contribution in [-0.4, -0.2) is 19.6 Å². The average molecular weight is 206 g/mol. The molecule has 1 radical (unpaired) electrons. The Kier molecular flexibility index (Phi) is 4.84. The Morgan fingerprint density at radius 2 is 2.40 bits per heavy atom. The Hall–Kier alpha value is -1.35. The van der Waals surface area contributed by atoms with Gasteiger partial charge in [-0.25, -0.2) is 0 Å². The third kappa shape index (κ3) is 4.13. The summed E-state index contributed by atoms with van der Waals surface area (Å²) in [5.41, 5.74) is 0.989. The first-order chi connectivity index (χ1) is 7.24. The summed E-state index contributed by atoms with van der Waals surface area (Å²) in [6.45, 7) is 2.40. The van der Waals surface area contributed by atoms with Crippen LogP contribution in [0.1, 0.15) is 24.9 Å². The summed E-state index contributed by atoms with van der Waals surface area (Å²) in [5.74, 6) is 0.00148. The van der Waals surface area contributed by atoms with Gasteiger partial charge in [0.2, 0.25) is 5.91 Å². The lowest BCUT2D eigenvalue weighted by atomic mass is 10.1. The SMILES string of the molecule is COCCC(=O)N[C@H](C)c1[c]cccc1. The van der Waals surface area contributed by atoms with E-state index in [2.05, 4.69) is 11.4 Å². The second kappa shape index (κ2) is 6.19. The van der Waals surface area contributed by atoms with Crippen LogP contribution in [0.3, 0.4) is 0 Å². The molecular weight excluding hydrogens is 190 g/mol. The molecule has 0 aliphatic rings. The summed E-state index contributed by atoms with van der Waals surface area (Å²) < 4.78 is 4.83. The summed E-state index contributed by atoms with van der Waals surface area (Å²) in [6.07, 6.45) is 0.397. The smallest absolute Gasteiger partial charge is 0.222 e. The lowest BCUT2D eigenvalue weighted by Gasteiger charge is -2.13. The summed E-state index contributed by atoms with van der Waals surface area (Å²) >= 11 is 0. The van der Waals surface area contributed by atoms with Crippen molar-refractivity contribution in [2.45, 2.75) is 19.4 Å². The second-order valence-corrected chi connectivity index (χ2v) is 3.35. The number of hydrogen-bond donors (Lipinski definition) is 1. The predicted octanol–water partition coefficient (Wildman–Crippen LogP) is 1.70. The van der Waals surface area contributed by atoms with Crippen LogP contribution >= 0.6 is 0 Å². The first-order valence-corrected chi connectivity index (χ1v) is 4.99. The van der Waals surface area contributed by atoms with Crippen LogP contribution < -0.4 is 5.32 Å². The minimum atomic E-state index is -0.00411. The standard InChI is InChI=1S/C12H16NO2/c1-10(11-6-4-3-5-7-11)13-12(14)8-9-15-2/h3-6,10H,8-9H2,1-2H3,(H,13,14)/t10-/m1/s1. The molecule has 0 spiro atoms. The number of carbonyl (C=O) groups is 1. The van der Waals surface area contributed by atoms with Gasteiger partial charge in [-0.05, 0) is 18.6 Å². The van der Waals surface area contributed by atoms with E-state index in [1.165, 1.54) is 0 Å². The molecule has 0 unspecified atom stereocenters. The maximum Gasteiger partial charge on any atom is 0.222 e. The van der Waals surface area contributed by atoms with Gasteiger partial charge >= 0.3 is 0 Å². The molecule has 15 heavy (non-hydrogen) atoms. The maximum atomic E-state index is 11.4. The van der Waals surface area contributed by atoms with Gasteiger partial charge in [-0.15, -0.1) is 0 Å². The molecule has 0 saturated heterocycles. The minimum Gasteiger partial charge on any atom is -0.384 e. The quantitative estimate of drug-likeness (QED) is 0.796. The van der Waals surface area contributed by atoms with Gasteiger partial charge < -0.3 is 10.1 Å². The summed E-state index contributed by atoms with van der Waals surface area (Å²) in [6, 6.07) is 10.7. The topological polar surface area (TPSA) is 38.3 Å². The van der Waals surface area contributed by atoms with Crippen LogP contribution in [0.25, 0.3) is 0 Å². The Bertz CT molecular complexity index is 298. The molecule has 1 atom stereocenters. The average Bonchev–Trinajstić information content (AvgIpc) is 2.27. The Morgan fingerprint density at radius 1 is 1.60 bits per heavy atom. The zero-order chi connectivity index (χ0) is 11.1. The van der Waals surface area contributed by atoms with Crippen molar-refractivity contribution in [1.82, 2.24) is 5.32 Å². The third-order valence-corrected chi connectivity index (χ3v) is 2.11. The third-order valence-electron chi connectivity index (χ3n) is 2.11. The normalized spacial score (nSPS) is 12.1. The maximum absolute atomic E-state index is 11.4. The van der Waals surface area contributed by atoms with E-state index in [0.717, 1.165) is 5.56 Å². The van der Waals surface area contributed by atoms with Crippen LogP contribution in [-0.2, 0) is 9.53 Å². The molecule has 1 aromatic rings. The molecule has 1 rings (SSSR count). The predicted molar refractivity (Wildman–Crippen MR) is 58.3 cm³/mol. The molecule has 0 aliphatic carbocycles. The number of amides is 1. The van der Waals surface area contributed by atoms with E-state index in [9.17, 15) is 4.79 Å². The highest BCUT2D eigenvalue weighted by Gasteiger charge is 2.08. The molecule has 0 saturated carbocycles. The molecule has 1 aromatic carbocycles. The lowest BCUT2D eigenvalue weighted by Crippen LogP contribution is -2.27. The monoisotopic (exact) mass is 206 g/mol. The van der Waals surface area contributed by atoms with Crippen LogP contribution in [0, 0.1) is 6.07 Å². The molecule has 81 valence electrons. The van der Waals surface area contributed by atoms with Gasteiger partial charge in [0.15, 0.2) is 0 Å². The van der Waals surface area contributed by atoms with Crippen LogP contribution in [0.2, 0.25) is 0 Å². The zero-order valence-corrected chi connectivity index (χ0v) is 9.12. The minimum absolute atomic E-state index is 0.00148. The van der Waals surface area contributed by atoms with Crippen molar-refractivity contribution in [3.8, 4) is 0 Å². The van der Waals surface area contributed by atoms with Gasteiger partial charge in [0.05, 0.1) is 12.6 Å². The Morgan fingerprint density at radius 3 is 3.00 bits per heavy atom. The summed E-state index contributed by atoms with van der Waals surface area (Å²) in [5, 5.41) is 2.88.